The lowest BCUT2D eigenvalue weighted by Crippen LogP contribution is -2.07. The minimum Gasteiger partial charge on any atom is -0.266 e. The minimum atomic E-state index is 0.660. The number of hydrogen-bond donors (Lipinski definition) is 1. The van der Waals surface area contributed by atoms with Crippen LogP contribution >= 0.6 is 0 Å². The van der Waals surface area contributed by atoms with Crippen LogP contribution in [-0.4, -0.2) is 40.0 Å². The maximum absolute atomic E-state index is 4.55. The van der Waals surface area contributed by atoms with Crippen molar-refractivity contribution in [3.8, 4) is 22.5 Å². The van der Waals surface area contributed by atoms with Crippen molar-refractivity contribution in [1.29, 1.82) is 0 Å². The number of H-pyrrole nitrogens is 1. The van der Waals surface area contributed by atoms with E-state index in [1.54, 1.807) is 0 Å². The van der Waals surface area contributed by atoms with Crippen molar-refractivity contribution in [2.75, 3.05) is 0 Å². The zero-order chi connectivity index (χ0) is 19.8. The van der Waals surface area contributed by atoms with Gasteiger partial charge in [-0.2, -0.15) is 4.63 Å². The molecule has 0 fully saturated rings. The second-order valence-electron chi connectivity index (χ2n) is 6.97. The maximum Gasteiger partial charge on any atom is 0.180 e. The molecule has 8 heteroatoms. The average molecular weight is 384 g/mol. The first-order valence-corrected chi connectivity index (χ1v) is 9.57. The van der Waals surface area contributed by atoms with Crippen molar-refractivity contribution in [2.24, 2.45) is 0 Å². The molecule has 0 amide bonds. The number of aryl methyl sites for hydroxylation is 2. The molecule has 0 radical (unpaired) electrons. The molecular weight excluding hydrogens is 364 g/mol. The highest BCUT2D eigenvalue weighted by molar-refractivity contribution is 5.80. The van der Waals surface area contributed by atoms with E-state index in [0.717, 1.165) is 41.1 Å². The summed E-state index contributed by atoms with van der Waals surface area (Å²) in [5, 5.41) is 18.8. The van der Waals surface area contributed by atoms with Crippen LogP contribution in [0.2, 0.25) is 0 Å². The number of aromatic nitrogens is 8. The fraction of sp³-hybridized carbons (Fsp3) is 0.190. The predicted octanol–water partition coefficient (Wildman–Crippen LogP) is 3.30. The molecule has 0 aliphatic carbocycles. The van der Waals surface area contributed by atoms with Crippen LogP contribution in [-0.2, 0) is 13.0 Å². The molecule has 5 rings (SSSR count). The highest BCUT2D eigenvalue weighted by atomic mass is 15.5. The van der Waals surface area contributed by atoms with Crippen LogP contribution in [0, 0.1) is 6.92 Å². The number of nitrogens with one attached hydrogen (secondary N) is 1. The summed E-state index contributed by atoms with van der Waals surface area (Å²) in [5.74, 6) is 1.45. The third-order valence-electron chi connectivity index (χ3n) is 5.05. The highest BCUT2D eigenvalue weighted by Crippen LogP contribution is 2.29. The molecule has 3 aromatic heterocycles. The minimum absolute atomic E-state index is 0.660. The number of hydrogen-bond acceptors (Lipinski definition) is 5. The molecule has 0 saturated heterocycles. The molecule has 0 aliphatic rings. The molecule has 144 valence electrons. The summed E-state index contributed by atoms with van der Waals surface area (Å²) in [4.78, 5) is 4.55. The molecule has 3 heterocycles. The second kappa shape index (κ2) is 6.97. The number of fused-ring (bicyclic) bond motifs is 1. The van der Waals surface area contributed by atoms with E-state index in [4.69, 9.17) is 0 Å². The number of aromatic amines is 1. The van der Waals surface area contributed by atoms with Gasteiger partial charge in [0, 0.05) is 17.3 Å². The maximum atomic E-state index is 4.55. The van der Waals surface area contributed by atoms with Gasteiger partial charge in [0.05, 0.1) is 6.54 Å². The zero-order valence-electron chi connectivity index (χ0n) is 16.2. The lowest BCUT2D eigenvalue weighted by Gasteiger charge is -2.09. The van der Waals surface area contributed by atoms with Crippen molar-refractivity contribution in [3.63, 3.8) is 0 Å². The molecule has 0 atom stereocenters. The van der Waals surface area contributed by atoms with Crippen LogP contribution in [0.5, 0.6) is 0 Å². The molecule has 2 aromatic carbocycles. The van der Waals surface area contributed by atoms with Gasteiger partial charge in [-0.15, -0.1) is 10.2 Å². The summed E-state index contributed by atoms with van der Waals surface area (Å²) in [6.45, 7) is 4.79. The van der Waals surface area contributed by atoms with E-state index in [-0.39, 0.29) is 0 Å². The predicted molar refractivity (Wildman–Crippen MR) is 109 cm³/mol. The summed E-state index contributed by atoms with van der Waals surface area (Å²) in [6.07, 6.45) is 3.07. The summed E-state index contributed by atoms with van der Waals surface area (Å²) in [6, 6.07) is 16.6. The molecule has 0 aliphatic heterocycles. The topological polar surface area (TPSA) is 89.6 Å². The summed E-state index contributed by atoms with van der Waals surface area (Å²) in [5.41, 5.74) is 6.52. The molecule has 0 spiro atoms. The summed E-state index contributed by atoms with van der Waals surface area (Å²) in [7, 11) is 0. The van der Waals surface area contributed by atoms with E-state index >= 15 is 0 Å². The van der Waals surface area contributed by atoms with Crippen molar-refractivity contribution < 1.29 is 0 Å². The van der Waals surface area contributed by atoms with Crippen LogP contribution < -0.4 is 0 Å². The lowest BCUT2D eigenvalue weighted by atomic mass is 9.98. The van der Waals surface area contributed by atoms with Gasteiger partial charge < -0.3 is 0 Å². The molecule has 8 nitrogen and oxygen atoms in total. The Morgan fingerprint density at radius 2 is 1.79 bits per heavy atom. The lowest BCUT2D eigenvalue weighted by molar-refractivity contribution is 0.582. The van der Waals surface area contributed by atoms with Gasteiger partial charge in [-0.3, -0.25) is 4.68 Å². The Balaban J connectivity index is 1.47. The van der Waals surface area contributed by atoms with Crippen LogP contribution in [0.4, 0.5) is 0 Å². The Morgan fingerprint density at radius 1 is 1.00 bits per heavy atom. The number of rotatable bonds is 5. The SMILES string of the molecule is CCc1cn(Cc2ccc(-c3ccccc3-c3nnn[nH]3)cc2)n2nc(C)nc12. The summed E-state index contributed by atoms with van der Waals surface area (Å²) < 4.78 is 4.01. The third-order valence-corrected chi connectivity index (χ3v) is 5.05. The van der Waals surface area contributed by atoms with E-state index in [1.807, 2.05) is 29.8 Å². The molecular formula is C21H20N8. The van der Waals surface area contributed by atoms with E-state index in [9.17, 15) is 0 Å². The fourth-order valence-electron chi connectivity index (χ4n) is 3.63. The van der Waals surface area contributed by atoms with Crippen molar-refractivity contribution in [1.82, 2.24) is 40.0 Å². The van der Waals surface area contributed by atoms with Gasteiger partial charge in [0.25, 0.3) is 0 Å². The van der Waals surface area contributed by atoms with Crippen molar-refractivity contribution in [3.05, 3.63) is 71.7 Å². The quantitative estimate of drug-likeness (QED) is 0.502. The molecule has 29 heavy (non-hydrogen) atoms. The van der Waals surface area contributed by atoms with E-state index in [1.165, 1.54) is 11.1 Å². The Hall–Kier alpha value is -3.81. The Labute approximate surface area is 167 Å². The Bertz CT molecular complexity index is 1260. The van der Waals surface area contributed by atoms with Crippen LogP contribution in [0.25, 0.3) is 28.2 Å². The normalized spacial score (nSPS) is 11.4. The first-order valence-electron chi connectivity index (χ1n) is 9.57. The number of nitrogens with zero attached hydrogens (tertiary/aromatic N) is 7. The standard InChI is InChI=1S/C21H20N8/c1-3-16-13-28(29-21(16)22-14(2)25-29)12-15-8-10-17(11-9-15)18-6-4-5-7-19(18)20-23-26-27-24-20/h4-11,13H,3,12H2,1-2H3,(H,23,24,26,27). The number of benzene rings is 2. The second-order valence-corrected chi connectivity index (χ2v) is 6.97. The van der Waals surface area contributed by atoms with Crippen LogP contribution in [0.1, 0.15) is 23.9 Å². The smallest absolute Gasteiger partial charge is 0.180 e. The largest absolute Gasteiger partial charge is 0.266 e. The highest BCUT2D eigenvalue weighted by Gasteiger charge is 2.12. The molecule has 0 saturated carbocycles. The molecule has 0 unspecified atom stereocenters. The van der Waals surface area contributed by atoms with E-state index in [2.05, 4.69) is 78.8 Å². The third kappa shape index (κ3) is 3.08. The Kier molecular flexibility index (Phi) is 4.16. The van der Waals surface area contributed by atoms with Gasteiger partial charge in [0.2, 0.25) is 0 Å². The average Bonchev–Trinajstić information content (AvgIpc) is 3.47. The van der Waals surface area contributed by atoms with Gasteiger partial charge in [-0.05, 0) is 40.5 Å². The molecule has 1 N–H and O–H groups in total. The van der Waals surface area contributed by atoms with Gasteiger partial charge in [-0.1, -0.05) is 55.5 Å². The molecule has 5 aromatic rings. The van der Waals surface area contributed by atoms with Crippen LogP contribution in [0.15, 0.2) is 54.7 Å². The van der Waals surface area contributed by atoms with Gasteiger partial charge in [0.1, 0.15) is 5.82 Å². The first-order chi connectivity index (χ1) is 14.2. The molecule has 0 bridgehead atoms. The summed E-state index contributed by atoms with van der Waals surface area (Å²) >= 11 is 0. The fourth-order valence-corrected chi connectivity index (χ4v) is 3.63. The van der Waals surface area contributed by atoms with Gasteiger partial charge in [0.15, 0.2) is 11.5 Å². The zero-order valence-corrected chi connectivity index (χ0v) is 16.2. The van der Waals surface area contributed by atoms with Gasteiger partial charge >= 0.3 is 0 Å². The van der Waals surface area contributed by atoms with E-state index in [0.29, 0.717) is 5.82 Å². The van der Waals surface area contributed by atoms with Crippen molar-refractivity contribution in [2.45, 2.75) is 26.8 Å². The number of tetrazole rings is 1. The van der Waals surface area contributed by atoms with E-state index < -0.39 is 0 Å². The monoisotopic (exact) mass is 384 g/mol. The van der Waals surface area contributed by atoms with Gasteiger partial charge in [-0.25, -0.2) is 10.1 Å². The first kappa shape index (κ1) is 17.3. The van der Waals surface area contributed by atoms with Crippen molar-refractivity contribution >= 4 is 5.65 Å². The Morgan fingerprint density at radius 3 is 2.52 bits per heavy atom. The van der Waals surface area contributed by atoms with Crippen LogP contribution in [0.3, 0.4) is 0 Å².